The van der Waals surface area contributed by atoms with Gasteiger partial charge in [-0.3, -0.25) is 4.90 Å². The van der Waals surface area contributed by atoms with E-state index < -0.39 is 0 Å². The largest absolute Gasteiger partial charge is 0.453 e. The van der Waals surface area contributed by atoms with Crippen LogP contribution in [0.25, 0.3) is 0 Å². The van der Waals surface area contributed by atoms with Crippen molar-refractivity contribution in [2.75, 3.05) is 7.11 Å². The summed E-state index contributed by atoms with van der Waals surface area (Å²) >= 11 is 0. The summed E-state index contributed by atoms with van der Waals surface area (Å²) in [6, 6.07) is 20.1. The first kappa shape index (κ1) is 15.1. The van der Waals surface area contributed by atoms with Gasteiger partial charge in [0, 0.05) is 6.54 Å². The Balaban J connectivity index is 2.28. The molecule has 2 rings (SSSR count). The molecule has 1 unspecified atom stereocenters. The predicted molar refractivity (Wildman–Crippen MR) is 83.9 cm³/mol. The summed E-state index contributed by atoms with van der Waals surface area (Å²) in [6.07, 6.45) is 0.543. The molecule has 3 heteroatoms. The molecule has 2 aromatic carbocycles. The van der Waals surface area contributed by atoms with Gasteiger partial charge in [0.1, 0.15) is 0 Å². The molecule has 0 heterocycles. The van der Waals surface area contributed by atoms with Crippen LogP contribution in [0.4, 0.5) is 4.79 Å². The fraction of sp³-hybridized carbons (Fsp3) is 0.278. The van der Waals surface area contributed by atoms with Gasteiger partial charge in [-0.05, 0) is 17.5 Å². The molecule has 1 amide bonds. The average Bonchev–Trinajstić information content (AvgIpc) is 2.56. The third-order valence-electron chi connectivity index (χ3n) is 3.55. The number of hydrogen-bond acceptors (Lipinski definition) is 2. The Kier molecular flexibility index (Phi) is 5.38. The van der Waals surface area contributed by atoms with Crippen LogP contribution in [-0.4, -0.2) is 18.1 Å². The highest BCUT2D eigenvalue weighted by atomic mass is 16.5. The normalized spacial score (nSPS) is 11.7. The molecule has 0 fully saturated rings. The smallest absolute Gasteiger partial charge is 0.410 e. The molecule has 110 valence electrons. The van der Waals surface area contributed by atoms with Crippen LogP contribution in [0.15, 0.2) is 60.7 Å². The molecule has 0 aromatic heterocycles. The quantitative estimate of drug-likeness (QED) is 0.813. The van der Waals surface area contributed by atoms with E-state index >= 15 is 0 Å². The van der Waals surface area contributed by atoms with Crippen molar-refractivity contribution < 1.29 is 9.53 Å². The lowest BCUT2D eigenvalue weighted by Gasteiger charge is -2.30. The van der Waals surface area contributed by atoms with E-state index in [0.717, 1.165) is 17.5 Å². The number of methoxy groups -OCH3 is 1. The first-order valence-electron chi connectivity index (χ1n) is 7.19. The van der Waals surface area contributed by atoms with E-state index in [2.05, 4.69) is 19.1 Å². The van der Waals surface area contributed by atoms with E-state index in [1.54, 1.807) is 4.90 Å². The zero-order chi connectivity index (χ0) is 15.1. The fourth-order valence-corrected chi connectivity index (χ4v) is 2.51. The summed E-state index contributed by atoms with van der Waals surface area (Å²) in [5, 5.41) is 0. The van der Waals surface area contributed by atoms with Crippen LogP contribution in [0.3, 0.4) is 0 Å². The van der Waals surface area contributed by atoms with Gasteiger partial charge in [0.25, 0.3) is 0 Å². The number of benzene rings is 2. The summed E-state index contributed by atoms with van der Waals surface area (Å²) < 4.78 is 4.98. The number of carbonyl (C=O) groups excluding carboxylic acids is 1. The molecule has 0 aliphatic carbocycles. The lowest BCUT2D eigenvalue weighted by atomic mass is 10.0. The molecule has 0 N–H and O–H groups in total. The van der Waals surface area contributed by atoms with Crippen molar-refractivity contribution >= 4 is 6.09 Å². The second-order valence-corrected chi connectivity index (χ2v) is 4.92. The maximum atomic E-state index is 12.2. The second kappa shape index (κ2) is 7.48. The fourth-order valence-electron chi connectivity index (χ4n) is 2.51. The van der Waals surface area contributed by atoms with Crippen LogP contribution in [0, 0.1) is 0 Å². The highest BCUT2D eigenvalue weighted by Crippen LogP contribution is 2.26. The molecule has 0 bridgehead atoms. The molecule has 0 aliphatic rings. The molecule has 2 aromatic rings. The van der Waals surface area contributed by atoms with Gasteiger partial charge in [-0.25, -0.2) is 4.79 Å². The molecule has 3 nitrogen and oxygen atoms in total. The third-order valence-corrected chi connectivity index (χ3v) is 3.55. The Labute approximate surface area is 126 Å². The lowest BCUT2D eigenvalue weighted by Crippen LogP contribution is -2.34. The van der Waals surface area contributed by atoms with Gasteiger partial charge >= 0.3 is 6.09 Å². The van der Waals surface area contributed by atoms with E-state index in [1.165, 1.54) is 7.11 Å². The molecule has 21 heavy (non-hydrogen) atoms. The summed E-state index contributed by atoms with van der Waals surface area (Å²) in [4.78, 5) is 14.0. The van der Waals surface area contributed by atoms with Crippen LogP contribution < -0.4 is 0 Å². The molecule has 0 radical (unpaired) electrons. The Morgan fingerprint density at radius 3 is 2.14 bits per heavy atom. The molecule has 1 atom stereocenters. The van der Waals surface area contributed by atoms with Crippen LogP contribution in [-0.2, 0) is 11.3 Å². The third kappa shape index (κ3) is 3.85. The molecule has 0 spiro atoms. The van der Waals surface area contributed by atoms with Crippen molar-refractivity contribution in [3.05, 3.63) is 71.8 Å². The summed E-state index contributed by atoms with van der Waals surface area (Å²) in [7, 11) is 1.43. The Bertz CT molecular complexity index is 554. The Morgan fingerprint density at radius 2 is 1.62 bits per heavy atom. The van der Waals surface area contributed by atoms with Gasteiger partial charge < -0.3 is 4.74 Å². The summed E-state index contributed by atoms with van der Waals surface area (Å²) in [5.74, 6) is 0. The highest BCUT2D eigenvalue weighted by Gasteiger charge is 2.24. The van der Waals surface area contributed by atoms with E-state index in [4.69, 9.17) is 4.74 Å². The Hall–Kier alpha value is -2.29. The van der Waals surface area contributed by atoms with Crippen LogP contribution >= 0.6 is 0 Å². The summed E-state index contributed by atoms with van der Waals surface area (Å²) in [5.41, 5.74) is 2.22. The molecular weight excluding hydrogens is 262 g/mol. The van der Waals surface area contributed by atoms with Crippen LogP contribution in [0.5, 0.6) is 0 Å². The zero-order valence-corrected chi connectivity index (χ0v) is 12.5. The maximum absolute atomic E-state index is 12.2. The van der Waals surface area contributed by atoms with E-state index in [-0.39, 0.29) is 12.1 Å². The molecule has 0 aliphatic heterocycles. The van der Waals surface area contributed by atoms with Crippen LogP contribution in [0.1, 0.15) is 30.5 Å². The number of hydrogen-bond donors (Lipinski definition) is 0. The minimum absolute atomic E-state index is 0.0128. The van der Waals surface area contributed by atoms with E-state index in [9.17, 15) is 4.79 Å². The minimum atomic E-state index is -0.297. The van der Waals surface area contributed by atoms with Gasteiger partial charge in [-0.15, -0.1) is 0 Å². The maximum Gasteiger partial charge on any atom is 0.410 e. The predicted octanol–water partition coefficient (Wildman–Crippen LogP) is 4.41. The number of amides is 1. The topological polar surface area (TPSA) is 29.5 Å². The molecular formula is C18H21NO2. The van der Waals surface area contributed by atoms with Gasteiger partial charge in [0.15, 0.2) is 0 Å². The highest BCUT2D eigenvalue weighted by molar-refractivity contribution is 5.68. The van der Waals surface area contributed by atoms with Crippen molar-refractivity contribution in [2.24, 2.45) is 0 Å². The SMILES string of the molecule is CCC(c1ccccc1)N(Cc1ccccc1)C(=O)OC. The molecule has 0 saturated heterocycles. The van der Waals surface area contributed by atoms with Crippen molar-refractivity contribution in [1.29, 1.82) is 0 Å². The monoisotopic (exact) mass is 283 g/mol. The number of carbonyl (C=O) groups is 1. The van der Waals surface area contributed by atoms with Crippen molar-refractivity contribution in [3.8, 4) is 0 Å². The van der Waals surface area contributed by atoms with Crippen LogP contribution in [0.2, 0.25) is 0 Å². The van der Waals surface area contributed by atoms with Crippen molar-refractivity contribution in [3.63, 3.8) is 0 Å². The second-order valence-electron chi connectivity index (χ2n) is 4.92. The number of rotatable bonds is 5. The first-order chi connectivity index (χ1) is 10.3. The minimum Gasteiger partial charge on any atom is -0.453 e. The summed E-state index contributed by atoms with van der Waals surface area (Å²) in [6.45, 7) is 2.62. The van der Waals surface area contributed by atoms with Crippen molar-refractivity contribution in [1.82, 2.24) is 4.90 Å². The standard InChI is InChI=1S/C18H21NO2/c1-3-17(16-12-8-5-9-13-16)19(18(20)21-2)14-15-10-6-4-7-11-15/h4-13,17H,3,14H2,1-2H3. The van der Waals surface area contributed by atoms with Crippen molar-refractivity contribution in [2.45, 2.75) is 25.9 Å². The lowest BCUT2D eigenvalue weighted by molar-refractivity contribution is 0.0993. The average molecular weight is 283 g/mol. The zero-order valence-electron chi connectivity index (χ0n) is 12.5. The van der Waals surface area contributed by atoms with Gasteiger partial charge in [-0.1, -0.05) is 67.6 Å². The van der Waals surface area contributed by atoms with E-state index in [1.807, 2.05) is 48.5 Å². The number of ether oxygens (including phenoxy) is 1. The van der Waals surface area contributed by atoms with E-state index in [0.29, 0.717) is 6.54 Å². The Morgan fingerprint density at radius 1 is 1.05 bits per heavy atom. The van der Waals surface area contributed by atoms with Gasteiger partial charge in [0.2, 0.25) is 0 Å². The molecule has 0 saturated carbocycles. The number of nitrogens with zero attached hydrogens (tertiary/aromatic N) is 1. The van der Waals surface area contributed by atoms with Gasteiger partial charge in [0.05, 0.1) is 13.2 Å². The first-order valence-corrected chi connectivity index (χ1v) is 7.19. The van der Waals surface area contributed by atoms with Gasteiger partial charge in [-0.2, -0.15) is 0 Å².